The van der Waals surface area contributed by atoms with Gasteiger partial charge in [-0.3, -0.25) is 0 Å². The predicted molar refractivity (Wildman–Crippen MR) is 304 cm³/mol. The van der Waals surface area contributed by atoms with Crippen molar-refractivity contribution in [3.8, 4) is 33.6 Å². The van der Waals surface area contributed by atoms with Crippen LogP contribution in [0.3, 0.4) is 0 Å². The molecule has 0 fully saturated rings. The maximum Gasteiger partial charge on any atom is 0.247 e. The molecule has 16 rings (SSSR count). The maximum atomic E-state index is 2.52. The molecule has 2 aliphatic rings. The minimum Gasteiger partial charge on any atom is -0.309 e. The SMILES string of the molecule is c1ccc2cc(-c3c4ccccc4c(-c4cc5c6c(c4)Sc4cc(-n7c8ccccc8c8ccccc87)ccc4B6c4ccc(-n6c7ccccc7c7ccccc76)cc4S5)c4ccccc34)ccc2c1. The van der Waals surface area contributed by atoms with Crippen molar-refractivity contribution >= 4 is 123 Å². The van der Waals surface area contributed by atoms with Crippen LogP contribution >= 0.6 is 23.5 Å². The van der Waals surface area contributed by atoms with Crippen molar-refractivity contribution < 1.29 is 0 Å². The lowest BCUT2D eigenvalue weighted by Crippen LogP contribution is -2.58. The summed E-state index contributed by atoms with van der Waals surface area (Å²) in [5, 5.41) is 12.7. The van der Waals surface area contributed by atoms with Crippen molar-refractivity contribution in [2.45, 2.75) is 19.6 Å². The fourth-order valence-electron chi connectivity index (χ4n) is 12.4. The van der Waals surface area contributed by atoms with Crippen molar-refractivity contribution in [3.05, 3.63) is 237 Å². The molecule has 0 aliphatic carbocycles. The van der Waals surface area contributed by atoms with E-state index < -0.39 is 0 Å². The van der Waals surface area contributed by atoms with Crippen LogP contribution in [0.2, 0.25) is 0 Å². The van der Waals surface area contributed by atoms with E-state index in [0.29, 0.717) is 0 Å². The van der Waals surface area contributed by atoms with Crippen molar-refractivity contribution in [2.75, 3.05) is 0 Å². The molecule has 2 nitrogen and oxygen atoms in total. The van der Waals surface area contributed by atoms with E-state index in [1.165, 1.54) is 146 Å². The Morgan fingerprint density at radius 1 is 0.282 bits per heavy atom. The lowest BCUT2D eigenvalue weighted by atomic mass is 9.36. The summed E-state index contributed by atoms with van der Waals surface area (Å²) in [7, 11) is 0. The molecular weight excluding hydrogens is 896 g/mol. The molecule has 2 aromatic heterocycles. The molecule has 14 aromatic rings. The fraction of sp³-hybridized carbons (Fsp3) is 0. The van der Waals surface area contributed by atoms with E-state index >= 15 is 0 Å². The molecule has 0 N–H and O–H groups in total. The third-order valence-electron chi connectivity index (χ3n) is 15.4. The molecule has 0 radical (unpaired) electrons. The molecule has 0 saturated heterocycles. The van der Waals surface area contributed by atoms with E-state index in [2.05, 4.69) is 246 Å². The molecule has 5 heteroatoms. The van der Waals surface area contributed by atoms with Crippen LogP contribution in [0.25, 0.3) is 110 Å². The first-order valence-corrected chi connectivity index (χ1v) is 26.1. The van der Waals surface area contributed by atoms with E-state index in [1.807, 2.05) is 23.5 Å². The normalized spacial score (nSPS) is 12.9. The number of para-hydroxylation sites is 4. The Hall–Kier alpha value is -8.22. The fourth-order valence-corrected chi connectivity index (χ4v) is 14.9. The summed E-state index contributed by atoms with van der Waals surface area (Å²) in [6.07, 6.45) is 0. The van der Waals surface area contributed by atoms with Gasteiger partial charge in [-0.15, -0.1) is 0 Å². The van der Waals surface area contributed by atoms with Crippen LogP contribution in [0, 0.1) is 0 Å². The van der Waals surface area contributed by atoms with Crippen LogP contribution in [-0.4, -0.2) is 15.8 Å². The third-order valence-corrected chi connectivity index (χ3v) is 17.6. The highest BCUT2D eigenvalue weighted by atomic mass is 32.2. The smallest absolute Gasteiger partial charge is 0.247 e. The van der Waals surface area contributed by atoms with Crippen LogP contribution in [-0.2, 0) is 0 Å². The lowest BCUT2D eigenvalue weighted by molar-refractivity contribution is 1.16. The van der Waals surface area contributed by atoms with Crippen LogP contribution in [0.1, 0.15) is 0 Å². The summed E-state index contributed by atoms with van der Waals surface area (Å²) < 4.78 is 4.92. The molecule has 0 amide bonds. The summed E-state index contributed by atoms with van der Waals surface area (Å²) in [6, 6.07) is 88.7. The molecule has 0 bridgehead atoms. The minimum atomic E-state index is 0.0738. The van der Waals surface area contributed by atoms with E-state index in [-0.39, 0.29) is 6.71 Å². The van der Waals surface area contributed by atoms with Crippen LogP contribution in [0.4, 0.5) is 0 Å². The summed E-state index contributed by atoms with van der Waals surface area (Å²) >= 11 is 3.88. The Balaban J connectivity index is 0.940. The first-order valence-electron chi connectivity index (χ1n) is 24.4. The first-order chi connectivity index (χ1) is 35.2. The van der Waals surface area contributed by atoms with Gasteiger partial charge in [0.25, 0.3) is 0 Å². The van der Waals surface area contributed by atoms with Crippen molar-refractivity contribution in [1.29, 1.82) is 0 Å². The molecule has 2 aliphatic heterocycles. The summed E-state index contributed by atoms with van der Waals surface area (Å²) in [6.45, 7) is 0.0738. The standard InChI is InChI=1S/C66H39BN2S2/c1-2-16-41-35-42(30-29-40(41)15-1)64-50-21-3-5-23-52(50)65(53-24-6-4-22-51(53)64)43-36-62-66-63(37-43)71-61-39-45(69-58-27-13-9-19-48(58)49-20-10-14-28-59(49)69)32-34-55(61)67(66)54-33-31-44(38-60(54)70-62)68-56-25-11-7-17-46(56)47-18-8-12-26-57(47)68/h1-39H. The minimum absolute atomic E-state index is 0.0738. The Morgan fingerprint density at radius 2 is 0.662 bits per heavy atom. The van der Waals surface area contributed by atoms with Gasteiger partial charge in [0, 0.05) is 52.5 Å². The van der Waals surface area contributed by atoms with Crippen LogP contribution < -0.4 is 16.4 Å². The Bertz CT molecular complexity index is 4270. The Kier molecular flexibility index (Phi) is 8.45. The number of rotatable bonds is 4. The predicted octanol–water partition coefficient (Wildman–Crippen LogP) is 16.1. The van der Waals surface area contributed by atoms with E-state index in [1.54, 1.807) is 0 Å². The molecule has 0 atom stereocenters. The maximum absolute atomic E-state index is 2.52. The zero-order valence-electron chi connectivity index (χ0n) is 38.3. The van der Waals surface area contributed by atoms with Gasteiger partial charge < -0.3 is 9.13 Å². The molecular formula is C66H39BN2S2. The molecule has 0 spiro atoms. The van der Waals surface area contributed by atoms with Crippen molar-refractivity contribution in [3.63, 3.8) is 0 Å². The van der Waals surface area contributed by atoms with E-state index in [4.69, 9.17) is 0 Å². The number of aromatic nitrogens is 2. The number of hydrogen-bond acceptors (Lipinski definition) is 2. The van der Waals surface area contributed by atoms with Crippen LogP contribution in [0.5, 0.6) is 0 Å². The number of nitrogens with zero attached hydrogens (tertiary/aromatic N) is 2. The van der Waals surface area contributed by atoms with Gasteiger partial charge in [-0.2, -0.15) is 0 Å². The van der Waals surface area contributed by atoms with Gasteiger partial charge in [-0.1, -0.05) is 204 Å². The molecule has 0 unspecified atom stereocenters. The van der Waals surface area contributed by atoms with Crippen LogP contribution in [0.15, 0.2) is 256 Å². The zero-order chi connectivity index (χ0) is 46.3. The highest BCUT2D eigenvalue weighted by Crippen LogP contribution is 2.48. The number of fused-ring (bicyclic) bond motifs is 13. The third kappa shape index (κ3) is 5.76. The molecule has 12 aromatic carbocycles. The van der Waals surface area contributed by atoms with Gasteiger partial charge in [-0.05, 0) is 127 Å². The number of benzene rings is 12. The van der Waals surface area contributed by atoms with Gasteiger partial charge in [0.1, 0.15) is 0 Å². The van der Waals surface area contributed by atoms with Gasteiger partial charge in [0.15, 0.2) is 0 Å². The van der Waals surface area contributed by atoms with E-state index in [0.717, 1.165) is 0 Å². The lowest BCUT2D eigenvalue weighted by Gasteiger charge is -2.34. The second kappa shape index (κ2) is 15.1. The Morgan fingerprint density at radius 3 is 1.11 bits per heavy atom. The second-order valence-electron chi connectivity index (χ2n) is 19.1. The first kappa shape index (κ1) is 39.6. The number of hydrogen-bond donors (Lipinski definition) is 0. The molecule has 328 valence electrons. The average molecular weight is 935 g/mol. The largest absolute Gasteiger partial charge is 0.309 e. The summed E-state index contributed by atoms with van der Waals surface area (Å²) in [5.74, 6) is 0. The molecule has 71 heavy (non-hydrogen) atoms. The van der Waals surface area contributed by atoms with Gasteiger partial charge in [-0.25, -0.2) is 0 Å². The quantitative estimate of drug-likeness (QED) is 0.129. The topological polar surface area (TPSA) is 9.86 Å². The van der Waals surface area contributed by atoms with Gasteiger partial charge in [0.05, 0.1) is 22.1 Å². The highest BCUT2D eigenvalue weighted by Gasteiger charge is 2.39. The summed E-state index contributed by atoms with van der Waals surface area (Å²) in [4.78, 5) is 5.25. The monoisotopic (exact) mass is 934 g/mol. The van der Waals surface area contributed by atoms with E-state index in [9.17, 15) is 0 Å². The van der Waals surface area contributed by atoms with Crippen molar-refractivity contribution in [2.24, 2.45) is 0 Å². The van der Waals surface area contributed by atoms with Gasteiger partial charge >= 0.3 is 0 Å². The van der Waals surface area contributed by atoms with Gasteiger partial charge in [0.2, 0.25) is 6.71 Å². The molecule has 0 saturated carbocycles. The highest BCUT2D eigenvalue weighted by molar-refractivity contribution is 8.01. The summed E-state index contributed by atoms with van der Waals surface area (Å²) in [5.41, 5.74) is 16.5. The second-order valence-corrected chi connectivity index (χ2v) is 21.3. The Labute approximate surface area is 418 Å². The zero-order valence-corrected chi connectivity index (χ0v) is 39.9. The molecule has 4 heterocycles. The average Bonchev–Trinajstić information content (AvgIpc) is 3.95. The van der Waals surface area contributed by atoms with Crippen molar-refractivity contribution in [1.82, 2.24) is 9.13 Å².